The molecule has 0 amide bonds. The molecule has 6 nitrogen and oxygen atoms in total. The number of hydrogen-bond donors (Lipinski definition) is 0. The predicted molar refractivity (Wildman–Crippen MR) is 96.8 cm³/mol. The Kier molecular flexibility index (Phi) is 6.94. The van der Waals surface area contributed by atoms with Crippen molar-refractivity contribution in [1.82, 2.24) is 0 Å². The Morgan fingerprint density at radius 2 is 1.92 bits per heavy atom. The normalized spacial score (nSPS) is 12.1. The lowest BCUT2D eigenvalue weighted by atomic mass is 10.2. The number of rotatable bonds is 8. The van der Waals surface area contributed by atoms with Crippen LogP contribution < -0.4 is 4.74 Å². The standard InChI is InChI=1S/C16H24ClNO5Si/c1-16(2,3)24(4,5)23-8-6-7-22-14-10-12(11-19)9-13(15(14)17)18(20)21/h9-11H,6-8H2,1-5H3. The summed E-state index contributed by atoms with van der Waals surface area (Å²) in [5, 5.41) is 11.0. The number of nitro groups is 1. The minimum absolute atomic E-state index is 0.101. The zero-order chi connectivity index (χ0) is 18.5. The van der Waals surface area contributed by atoms with Crippen molar-refractivity contribution in [2.24, 2.45) is 0 Å². The molecule has 1 rings (SSSR count). The fourth-order valence-corrected chi connectivity index (χ4v) is 3.01. The summed E-state index contributed by atoms with van der Waals surface area (Å²) in [6.07, 6.45) is 1.15. The topological polar surface area (TPSA) is 78.7 Å². The Morgan fingerprint density at radius 3 is 2.42 bits per heavy atom. The summed E-state index contributed by atoms with van der Waals surface area (Å²) >= 11 is 5.97. The Labute approximate surface area is 148 Å². The molecule has 0 radical (unpaired) electrons. The van der Waals surface area contributed by atoms with Gasteiger partial charge >= 0.3 is 0 Å². The summed E-state index contributed by atoms with van der Waals surface area (Å²) in [4.78, 5) is 21.2. The number of carbonyl (C=O) groups is 1. The van der Waals surface area contributed by atoms with Gasteiger partial charge in [0, 0.05) is 24.7 Å². The molecule has 8 heteroatoms. The molecule has 0 N–H and O–H groups in total. The molecule has 24 heavy (non-hydrogen) atoms. The Hall–Kier alpha value is -1.44. The second-order valence-electron chi connectivity index (χ2n) is 7.04. The summed E-state index contributed by atoms with van der Waals surface area (Å²) in [6.45, 7) is 11.7. The molecule has 1 aromatic rings. The van der Waals surface area contributed by atoms with Crippen molar-refractivity contribution in [3.63, 3.8) is 0 Å². The molecule has 0 fully saturated rings. The third-order valence-corrected chi connectivity index (χ3v) is 9.11. The molecule has 1 aromatic carbocycles. The van der Waals surface area contributed by atoms with Gasteiger partial charge in [0.05, 0.1) is 11.5 Å². The third kappa shape index (κ3) is 5.29. The van der Waals surface area contributed by atoms with Gasteiger partial charge in [0.2, 0.25) is 0 Å². The van der Waals surface area contributed by atoms with E-state index in [0.29, 0.717) is 25.9 Å². The molecule has 134 valence electrons. The maximum Gasteiger partial charge on any atom is 0.292 e. The van der Waals surface area contributed by atoms with Crippen LogP contribution >= 0.6 is 11.6 Å². The van der Waals surface area contributed by atoms with Gasteiger partial charge in [0.15, 0.2) is 13.3 Å². The van der Waals surface area contributed by atoms with Gasteiger partial charge < -0.3 is 9.16 Å². The van der Waals surface area contributed by atoms with Crippen molar-refractivity contribution in [3.8, 4) is 5.75 Å². The van der Waals surface area contributed by atoms with E-state index < -0.39 is 13.2 Å². The third-order valence-electron chi connectivity index (χ3n) is 4.19. The van der Waals surface area contributed by atoms with E-state index in [2.05, 4.69) is 33.9 Å². The van der Waals surface area contributed by atoms with Gasteiger partial charge in [0.1, 0.15) is 12.0 Å². The molecular formula is C16H24ClNO5Si. The zero-order valence-corrected chi connectivity index (χ0v) is 16.5. The highest BCUT2D eigenvalue weighted by molar-refractivity contribution is 6.74. The van der Waals surface area contributed by atoms with Crippen LogP contribution in [0.25, 0.3) is 0 Å². The zero-order valence-electron chi connectivity index (χ0n) is 14.7. The Bertz CT molecular complexity index is 613. The molecular weight excluding hydrogens is 350 g/mol. The highest BCUT2D eigenvalue weighted by Crippen LogP contribution is 2.37. The molecule has 0 saturated heterocycles. The highest BCUT2D eigenvalue weighted by Gasteiger charge is 2.36. The Morgan fingerprint density at radius 1 is 1.29 bits per heavy atom. The summed E-state index contributed by atoms with van der Waals surface area (Å²) in [7, 11) is -1.80. The molecule has 0 aromatic heterocycles. The van der Waals surface area contributed by atoms with Crippen molar-refractivity contribution in [2.45, 2.75) is 45.3 Å². The quantitative estimate of drug-likeness (QED) is 0.214. The number of hydrogen-bond acceptors (Lipinski definition) is 5. The minimum Gasteiger partial charge on any atom is -0.492 e. The number of carbonyl (C=O) groups excluding carboxylic acids is 1. The number of halogens is 1. The van der Waals surface area contributed by atoms with Crippen molar-refractivity contribution in [2.75, 3.05) is 13.2 Å². The summed E-state index contributed by atoms with van der Waals surface area (Å²) in [6, 6.07) is 2.53. The Balaban J connectivity index is 2.64. The lowest BCUT2D eigenvalue weighted by Crippen LogP contribution is -2.41. The van der Waals surface area contributed by atoms with Gasteiger partial charge in [-0.15, -0.1) is 0 Å². The number of ether oxygens (including phenoxy) is 1. The van der Waals surface area contributed by atoms with Crippen LogP contribution in [0.2, 0.25) is 23.2 Å². The molecule has 0 aliphatic carbocycles. The van der Waals surface area contributed by atoms with Crippen molar-refractivity contribution in [3.05, 3.63) is 32.8 Å². The smallest absolute Gasteiger partial charge is 0.292 e. The van der Waals surface area contributed by atoms with E-state index in [1.54, 1.807) is 0 Å². The first kappa shape index (κ1) is 20.6. The average Bonchev–Trinajstić information content (AvgIpc) is 2.46. The largest absolute Gasteiger partial charge is 0.492 e. The molecule has 0 aliphatic heterocycles. The molecule has 0 atom stereocenters. The van der Waals surface area contributed by atoms with Crippen LogP contribution in [0, 0.1) is 10.1 Å². The molecule has 0 saturated carbocycles. The van der Waals surface area contributed by atoms with E-state index in [1.807, 2.05) is 0 Å². The molecule has 0 unspecified atom stereocenters. The van der Waals surface area contributed by atoms with Crippen LogP contribution in [0.1, 0.15) is 37.6 Å². The molecule has 0 bridgehead atoms. The van der Waals surface area contributed by atoms with Gasteiger partial charge in [-0.2, -0.15) is 0 Å². The fourth-order valence-electron chi connectivity index (χ4n) is 1.69. The van der Waals surface area contributed by atoms with E-state index in [9.17, 15) is 14.9 Å². The van der Waals surface area contributed by atoms with Gasteiger partial charge in [-0.1, -0.05) is 32.4 Å². The SMILES string of the molecule is CC(C)(C)[Si](C)(C)OCCCOc1cc(C=O)cc([N+](=O)[O-])c1Cl. The van der Waals surface area contributed by atoms with Crippen molar-refractivity contribution in [1.29, 1.82) is 0 Å². The summed E-state index contributed by atoms with van der Waals surface area (Å²) in [5.41, 5.74) is -0.188. The van der Waals surface area contributed by atoms with Crippen LogP contribution in [-0.2, 0) is 4.43 Å². The van der Waals surface area contributed by atoms with Gasteiger partial charge in [0.25, 0.3) is 5.69 Å². The first-order valence-corrected chi connectivity index (χ1v) is 11.0. The predicted octanol–water partition coefficient (Wildman–Crippen LogP) is 4.85. The van der Waals surface area contributed by atoms with E-state index in [-0.39, 0.29) is 27.1 Å². The van der Waals surface area contributed by atoms with Gasteiger partial charge in [-0.05, 0) is 24.2 Å². The second kappa shape index (κ2) is 8.09. The van der Waals surface area contributed by atoms with E-state index >= 15 is 0 Å². The number of aldehydes is 1. The number of nitrogens with zero attached hydrogens (tertiary/aromatic N) is 1. The second-order valence-corrected chi connectivity index (χ2v) is 12.2. The first-order valence-electron chi connectivity index (χ1n) is 7.69. The lowest BCUT2D eigenvalue weighted by molar-refractivity contribution is -0.384. The highest BCUT2D eigenvalue weighted by atomic mass is 35.5. The molecule has 0 spiro atoms. The van der Waals surface area contributed by atoms with E-state index in [1.165, 1.54) is 6.07 Å². The molecule has 0 aliphatic rings. The summed E-state index contributed by atoms with van der Waals surface area (Å²) in [5.74, 6) is 0.139. The van der Waals surface area contributed by atoms with Crippen LogP contribution in [0.3, 0.4) is 0 Å². The molecule has 0 heterocycles. The van der Waals surface area contributed by atoms with Crippen molar-refractivity contribution >= 4 is 31.9 Å². The maximum absolute atomic E-state index is 11.0. The number of benzene rings is 1. The van der Waals surface area contributed by atoms with Crippen molar-refractivity contribution < 1.29 is 18.9 Å². The average molecular weight is 374 g/mol. The van der Waals surface area contributed by atoms with E-state index in [0.717, 1.165) is 6.07 Å². The minimum atomic E-state index is -1.80. The number of nitro benzene ring substituents is 1. The fraction of sp³-hybridized carbons (Fsp3) is 0.562. The van der Waals surface area contributed by atoms with Crippen LogP contribution in [-0.4, -0.2) is 32.7 Å². The first-order chi connectivity index (χ1) is 11.0. The van der Waals surface area contributed by atoms with Gasteiger partial charge in [-0.25, -0.2) is 0 Å². The summed E-state index contributed by atoms with van der Waals surface area (Å²) < 4.78 is 11.5. The van der Waals surface area contributed by atoms with Gasteiger partial charge in [-0.3, -0.25) is 14.9 Å². The van der Waals surface area contributed by atoms with Crippen LogP contribution in [0.15, 0.2) is 12.1 Å². The van der Waals surface area contributed by atoms with E-state index in [4.69, 9.17) is 20.8 Å². The monoisotopic (exact) mass is 373 g/mol. The van der Waals surface area contributed by atoms with Crippen LogP contribution in [0.4, 0.5) is 5.69 Å². The van der Waals surface area contributed by atoms with Crippen LogP contribution in [0.5, 0.6) is 5.75 Å². The lowest BCUT2D eigenvalue weighted by Gasteiger charge is -2.36. The maximum atomic E-state index is 11.0.